The van der Waals surface area contributed by atoms with Gasteiger partial charge in [0.25, 0.3) is 11.8 Å². The number of rotatable bonds is 4. The second-order valence-corrected chi connectivity index (χ2v) is 6.22. The molecule has 0 aliphatic rings. The van der Waals surface area contributed by atoms with Crippen LogP contribution in [-0.2, 0) is 0 Å². The van der Waals surface area contributed by atoms with Crippen molar-refractivity contribution in [2.75, 3.05) is 10.6 Å². The van der Waals surface area contributed by atoms with Crippen LogP contribution in [0.2, 0.25) is 5.02 Å². The molecule has 1 heterocycles. The number of benzene rings is 2. The Morgan fingerprint density at radius 3 is 2.26 bits per heavy atom. The van der Waals surface area contributed by atoms with Gasteiger partial charge in [0, 0.05) is 16.4 Å². The van der Waals surface area contributed by atoms with Crippen molar-refractivity contribution < 1.29 is 14.0 Å². The van der Waals surface area contributed by atoms with Crippen LogP contribution < -0.4 is 10.6 Å². The molecule has 0 spiro atoms. The smallest absolute Gasteiger partial charge is 0.274 e. The van der Waals surface area contributed by atoms with Gasteiger partial charge in [0.15, 0.2) is 0 Å². The summed E-state index contributed by atoms with van der Waals surface area (Å²) in [5.74, 6) is -1.47. The van der Waals surface area contributed by atoms with E-state index in [1.165, 1.54) is 30.3 Å². The van der Waals surface area contributed by atoms with E-state index in [0.717, 1.165) is 5.56 Å². The number of aryl methyl sites for hydroxylation is 1. The molecule has 0 radical (unpaired) electrons. The second-order valence-electron chi connectivity index (χ2n) is 5.79. The summed E-state index contributed by atoms with van der Waals surface area (Å²) in [5.41, 5.74) is 1.82. The molecular weight excluding hydrogens is 369 g/mol. The van der Waals surface area contributed by atoms with Crippen molar-refractivity contribution in [2.24, 2.45) is 0 Å². The molecule has 0 saturated heterocycles. The maximum absolute atomic E-state index is 13.2. The molecule has 5 nitrogen and oxygen atoms in total. The van der Waals surface area contributed by atoms with Gasteiger partial charge in [0.05, 0.1) is 0 Å². The third-order valence-electron chi connectivity index (χ3n) is 3.73. The Bertz CT molecular complexity index is 1020. The van der Waals surface area contributed by atoms with Gasteiger partial charge < -0.3 is 10.6 Å². The summed E-state index contributed by atoms with van der Waals surface area (Å²) in [6, 6.07) is 15.1. The molecule has 3 rings (SSSR count). The first-order valence-electron chi connectivity index (χ1n) is 8.04. The Kier molecular flexibility index (Phi) is 5.47. The summed E-state index contributed by atoms with van der Waals surface area (Å²) < 4.78 is 13.2. The molecule has 0 saturated carbocycles. The van der Waals surface area contributed by atoms with Crippen LogP contribution in [0, 0.1) is 12.7 Å². The quantitative estimate of drug-likeness (QED) is 0.686. The van der Waals surface area contributed by atoms with E-state index in [-0.39, 0.29) is 11.4 Å². The van der Waals surface area contributed by atoms with Gasteiger partial charge in [-0.2, -0.15) is 0 Å². The molecule has 2 N–H and O–H groups in total. The molecule has 0 aliphatic carbocycles. The fourth-order valence-electron chi connectivity index (χ4n) is 2.40. The second kappa shape index (κ2) is 7.97. The zero-order valence-corrected chi connectivity index (χ0v) is 15.0. The standard InChI is InChI=1S/C20H15ClFN3O2/c1-12-10-13(21)8-9-16(12)25-20(27)18-7-3-6-17(24-18)19(26)23-15-5-2-4-14(22)11-15/h2-11H,1H3,(H,23,26)(H,25,27). The Morgan fingerprint density at radius 2 is 1.59 bits per heavy atom. The van der Waals surface area contributed by atoms with Gasteiger partial charge in [-0.3, -0.25) is 9.59 Å². The number of pyridine rings is 1. The molecule has 1 aromatic heterocycles. The number of amides is 2. The van der Waals surface area contributed by atoms with Crippen molar-refractivity contribution in [1.82, 2.24) is 4.98 Å². The zero-order chi connectivity index (χ0) is 19.4. The van der Waals surface area contributed by atoms with Gasteiger partial charge in [-0.05, 0) is 61.0 Å². The van der Waals surface area contributed by atoms with Crippen molar-refractivity contribution in [1.29, 1.82) is 0 Å². The molecule has 0 atom stereocenters. The van der Waals surface area contributed by atoms with E-state index in [2.05, 4.69) is 15.6 Å². The van der Waals surface area contributed by atoms with E-state index < -0.39 is 17.6 Å². The first kappa shape index (κ1) is 18.5. The summed E-state index contributed by atoms with van der Waals surface area (Å²) in [6.07, 6.45) is 0. The van der Waals surface area contributed by atoms with E-state index in [1.54, 1.807) is 30.3 Å². The monoisotopic (exact) mass is 383 g/mol. The molecule has 7 heteroatoms. The summed E-state index contributed by atoms with van der Waals surface area (Å²) in [7, 11) is 0. The third kappa shape index (κ3) is 4.68. The maximum atomic E-state index is 13.2. The minimum atomic E-state index is -0.544. The lowest BCUT2D eigenvalue weighted by molar-refractivity contribution is 0.101. The van der Waals surface area contributed by atoms with Crippen LogP contribution in [0.5, 0.6) is 0 Å². The summed E-state index contributed by atoms with van der Waals surface area (Å²) in [6.45, 7) is 1.82. The summed E-state index contributed by atoms with van der Waals surface area (Å²) >= 11 is 5.91. The lowest BCUT2D eigenvalue weighted by atomic mass is 10.2. The highest BCUT2D eigenvalue weighted by atomic mass is 35.5. The van der Waals surface area contributed by atoms with Crippen LogP contribution in [0.25, 0.3) is 0 Å². The molecule has 136 valence electrons. The van der Waals surface area contributed by atoms with Crippen molar-refractivity contribution >= 4 is 34.8 Å². The molecule has 2 amide bonds. The number of carbonyl (C=O) groups is 2. The number of anilines is 2. The lowest BCUT2D eigenvalue weighted by Crippen LogP contribution is -2.18. The molecule has 0 unspecified atom stereocenters. The predicted octanol–water partition coefficient (Wildman–Crippen LogP) is 4.69. The number of carbonyl (C=O) groups excluding carboxylic acids is 2. The van der Waals surface area contributed by atoms with Gasteiger partial charge in [-0.1, -0.05) is 23.7 Å². The van der Waals surface area contributed by atoms with E-state index in [9.17, 15) is 14.0 Å². The van der Waals surface area contributed by atoms with Crippen LogP contribution in [0.15, 0.2) is 60.7 Å². The van der Waals surface area contributed by atoms with Gasteiger partial charge in [-0.15, -0.1) is 0 Å². The molecule has 2 aromatic carbocycles. The molecule has 0 bridgehead atoms. The number of nitrogens with zero attached hydrogens (tertiary/aromatic N) is 1. The number of hydrogen-bond acceptors (Lipinski definition) is 3. The molecule has 3 aromatic rings. The van der Waals surface area contributed by atoms with Gasteiger partial charge in [-0.25, -0.2) is 9.37 Å². The number of aromatic nitrogens is 1. The zero-order valence-electron chi connectivity index (χ0n) is 14.3. The molecule has 0 aliphatic heterocycles. The molecule has 27 heavy (non-hydrogen) atoms. The Hall–Kier alpha value is -3.25. The predicted molar refractivity (Wildman–Crippen MR) is 103 cm³/mol. The highest BCUT2D eigenvalue weighted by Gasteiger charge is 2.14. The van der Waals surface area contributed by atoms with E-state index in [4.69, 9.17) is 11.6 Å². The normalized spacial score (nSPS) is 10.3. The van der Waals surface area contributed by atoms with Crippen LogP contribution in [0.3, 0.4) is 0 Å². The highest BCUT2D eigenvalue weighted by Crippen LogP contribution is 2.20. The molecular formula is C20H15ClFN3O2. The summed E-state index contributed by atoms with van der Waals surface area (Å²) in [4.78, 5) is 28.8. The van der Waals surface area contributed by atoms with Gasteiger partial charge in [0.1, 0.15) is 17.2 Å². The first-order chi connectivity index (χ1) is 12.9. The number of hydrogen-bond donors (Lipinski definition) is 2. The minimum absolute atomic E-state index is 0.0414. The number of halogens is 2. The SMILES string of the molecule is Cc1cc(Cl)ccc1NC(=O)c1cccc(C(=O)Nc2cccc(F)c2)n1. The minimum Gasteiger partial charge on any atom is -0.321 e. The van der Waals surface area contributed by atoms with Gasteiger partial charge >= 0.3 is 0 Å². The average molecular weight is 384 g/mol. The van der Waals surface area contributed by atoms with Crippen molar-refractivity contribution in [2.45, 2.75) is 6.92 Å². The fraction of sp³-hybridized carbons (Fsp3) is 0.0500. The van der Waals surface area contributed by atoms with Crippen LogP contribution in [-0.4, -0.2) is 16.8 Å². The average Bonchev–Trinajstić information content (AvgIpc) is 2.64. The maximum Gasteiger partial charge on any atom is 0.274 e. The van der Waals surface area contributed by atoms with Crippen LogP contribution in [0.4, 0.5) is 15.8 Å². The third-order valence-corrected chi connectivity index (χ3v) is 3.97. The van der Waals surface area contributed by atoms with E-state index in [1.807, 2.05) is 6.92 Å². The summed E-state index contributed by atoms with van der Waals surface area (Å²) in [5, 5.41) is 5.85. The Balaban J connectivity index is 1.76. The van der Waals surface area contributed by atoms with E-state index >= 15 is 0 Å². The Morgan fingerprint density at radius 1 is 0.926 bits per heavy atom. The largest absolute Gasteiger partial charge is 0.321 e. The lowest BCUT2D eigenvalue weighted by Gasteiger charge is -2.09. The number of nitrogens with one attached hydrogen (secondary N) is 2. The van der Waals surface area contributed by atoms with E-state index in [0.29, 0.717) is 16.4 Å². The topological polar surface area (TPSA) is 71.1 Å². The Labute approximate surface area is 160 Å². The fourth-order valence-corrected chi connectivity index (χ4v) is 2.63. The van der Waals surface area contributed by atoms with Crippen molar-refractivity contribution in [3.63, 3.8) is 0 Å². The van der Waals surface area contributed by atoms with Crippen LogP contribution >= 0.6 is 11.6 Å². The van der Waals surface area contributed by atoms with Gasteiger partial charge in [0.2, 0.25) is 0 Å². The van der Waals surface area contributed by atoms with Crippen molar-refractivity contribution in [3.8, 4) is 0 Å². The molecule has 0 fully saturated rings. The first-order valence-corrected chi connectivity index (χ1v) is 8.41. The van der Waals surface area contributed by atoms with Crippen molar-refractivity contribution in [3.05, 3.63) is 88.5 Å². The van der Waals surface area contributed by atoms with Crippen LogP contribution in [0.1, 0.15) is 26.5 Å². The highest BCUT2D eigenvalue weighted by molar-refractivity contribution is 6.30.